The van der Waals surface area contributed by atoms with Crippen LogP contribution in [0.2, 0.25) is 0 Å². The Labute approximate surface area is 177 Å². The first-order chi connectivity index (χ1) is 14.6. The van der Waals surface area contributed by atoms with Crippen LogP contribution in [0.1, 0.15) is 48.3 Å². The third-order valence-electron chi connectivity index (χ3n) is 7.09. The molecule has 0 saturated heterocycles. The monoisotopic (exact) mass is 395 g/mol. The molecular weight excluding hydrogens is 370 g/mol. The Morgan fingerprint density at radius 1 is 1.13 bits per heavy atom. The SMILES string of the molecule is Cc1ccc([C@H]2[C@@H]3CCCCC=C3C(C#N)=C(N)[C@]23C(=O)Nc2ccccc23)cc1. The third-order valence-corrected chi connectivity index (χ3v) is 7.09. The molecule has 2 aromatic carbocycles. The number of hydrogen-bond donors (Lipinski definition) is 2. The van der Waals surface area contributed by atoms with Gasteiger partial charge in [-0.1, -0.05) is 60.5 Å². The molecule has 0 unspecified atom stereocenters. The summed E-state index contributed by atoms with van der Waals surface area (Å²) >= 11 is 0. The first kappa shape index (κ1) is 18.7. The molecule has 0 saturated carbocycles. The summed E-state index contributed by atoms with van der Waals surface area (Å²) in [7, 11) is 0. The molecule has 1 heterocycles. The number of aryl methyl sites for hydroxylation is 1. The van der Waals surface area contributed by atoms with Gasteiger partial charge >= 0.3 is 0 Å². The summed E-state index contributed by atoms with van der Waals surface area (Å²) in [6, 6.07) is 18.6. The van der Waals surface area contributed by atoms with Crippen LogP contribution in [-0.4, -0.2) is 5.91 Å². The molecule has 0 radical (unpaired) electrons. The number of nitrogens with zero attached hydrogens (tertiary/aromatic N) is 1. The summed E-state index contributed by atoms with van der Waals surface area (Å²) in [6.45, 7) is 2.07. The quantitative estimate of drug-likeness (QED) is 0.725. The number of nitrogens with two attached hydrogens (primary N) is 1. The number of carbonyl (C=O) groups excluding carboxylic acids is 1. The second-order valence-corrected chi connectivity index (χ2v) is 8.65. The Balaban J connectivity index is 1.88. The van der Waals surface area contributed by atoms with E-state index in [9.17, 15) is 10.1 Å². The summed E-state index contributed by atoms with van der Waals surface area (Å²) in [6.07, 6.45) is 6.25. The number of nitrogens with one attached hydrogen (secondary N) is 1. The van der Waals surface area contributed by atoms with Crippen LogP contribution < -0.4 is 11.1 Å². The zero-order chi connectivity index (χ0) is 20.9. The Morgan fingerprint density at radius 3 is 2.67 bits per heavy atom. The minimum atomic E-state index is -1.07. The lowest BCUT2D eigenvalue weighted by molar-refractivity contribution is -0.121. The standard InChI is InChI=1S/C26H25N3O/c1-16-11-13-17(14-12-16)23-19-8-4-2-3-7-18(19)20(15-27)24(28)26(23)21-9-5-6-10-22(21)29-25(26)30/h5-7,9-14,19,23H,2-4,8,28H2,1H3,(H,29,30)/t19-,23+,26-/m1/s1. The second kappa shape index (κ2) is 6.88. The molecule has 0 aromatic heterocycles. The molecule has 3 aliphatic rings. The van der Waals surface area contributed by atoms with Crippen LogP contribution >= 0.6 is 0 Å². The zero-order valence-corrected chi connectivity index (χ0v) is 17.1. The molecule has 3 N–H and O–H groups in total. The van der Waals surface area contributed by atoms with Gasteiger partial charge in [0, 0.05) is 17.3 Å². The van der Waals surface area contributed by atoms with Crippen LogP contribution in [0.25, 0.3) is 0 Å². The first-order valence-corrected chi connectivity index (χ1v) is 10.7. The van der Waals surface area contributed by atoms with E-state index in [0.717, 1.165) is 48.1 Å². The maximum atomic E-state index is 13.7. The van der Waals surface area contributed by atoms with Crippen molar-refractivity contribution in [2.45, 2.75) is 43.9 Å². The number of rotatable bonds is 1. The maximum Gasteiger partial charge on any atom is 0.241 e. The van der Waals surface area contributed by atoms with Gasteiger partial charge in [-0.3, -0.25) is 4.79 Å². The largest absolute Gasteiger partial charge is 0.400 e. The number of allylic oxidation sites excluding steroid dienone is 3. The molecule has 150 valence electrons. The summed E-state index contributed by atoms with van der Waals surface area (Å²) in [4.78, 5) is 13.7. The number of carbonyl (C=O) groups is 1. The van der Waals surface area contributed by atoms with E-state index in [1.165, 1.54) is 5.56 Å². The number of fused-ring (bicyclic) bond motifs is 3. The number of hydrogen-bond acceptors (Lipinski definition) is 3. The van der Waals surface area contributed by atoms with Crippen molar-refractivity contribution in [3.63, 3.8) is 0 Å². The Morgan fingerprint density at radius 2 is 1.90 bits per heavy atom. The Kier molecular flexibility index (Phi) is 4.29. The number of nitriles is 1. The lowest BCUT2D eigenvalue weighted by Crippen LogP contribution is -2.51. The van der Waals surface area contributed by atoms with Gasteiger partial charge in [0.05, 0.1) is 5.57 Å². The van der Waals surface area contributed by atoms with Gasteiger partial charge in [0.15, 0.2) is 0 Å². The van der Waals surface area contributed by atoms with Gasteiger partial charge in [0.2, 0.25) is 5.91 Å². The van der Waals surface area contributed by atoms with Gasteiger partial charge < -0.3 is 11.1 Å². The second-order valence-electron chi connectivity index (χ2n) is 8.65. The smallest absolute Gasteiger partial charge is 0.241 e. The number of para-hydroxylation sites is 1. The Hall–Kier alpha value is -3.32. The van der Waals surface area contributed by atoms with Crippen LogP contribution in [0.5, 0.6) is 0 Å². The van der Waals surface area contributed by atoms with E-state index in [1.54, 1.807) is 0 Å². The number of anilines is 1. The number of amides is 1. The summed E-state index contributed by atoms with van der Waals surface area (Å²) < 4.78 is 0. The van der Waals surface area contributed by atoms with Gasteiger partial charge in [-0.25, -0.2) is 0 Å². The van der Waals surface area contributed by atoms with Gasteiger partial charge in [-0.05, 0) is 54.9 Å². The van der Waals surface area contributed by atoms with Crippen LogP contribution in [-0.2, 0) is 10.2 Å². The van der Waals surface area contributed by atoms with E-state index in [-0.39, 0.29) is 17.7 Å². The highest BCUT2D eigenvalue weighted by molar-refractivity contribution is 6.10. The van der Waals surface area contributed by atoms with Gasteiger partial charge in [-0.15, -0.1) is 0 Å². The predicted molar refractivity (Wildman–Crippen MR) is 118 cm³/mol. The fourth-order valence-electron chi connectivity index (χ4n) is 5.76. The highest BCUT2D eigenvalue weighted by Crippen LogP contribution is 2.60. The highest BCUT2D eigenvalue weighted by atomic mass is 16.2. The van der Waals surface area contributed by atoms with Crippen molar-refractivity contribution >= 4 is 11.6 Å². The lowest BCUT2D eigenvalue weighted by atomic mass is 9.55. The van der Waals surface area contributed by atoms with Crippen molar-refractivity contribution in [2.75, 3.05) is 5.32 Å². The molecule has 4 heteroatoms. The summed E-state index contributed by atoms with van der Waals surface area (Å²) in [5.41, 5.74) is 11.6. The minimum absolute atomic E-state index is 0.0778. The fraction of sp³-hybridized carbons (Fsp3) is 0.308. The molecule has 5 rings (SSSR count). The number of benzene rings is 2. The van der Waals surface area contributed by atoms with Gasteiger partial charge in [0.1, 0.15) is 11.5 Å². The molecule has 1 amide bonds. The van der Waals surface area contributed by atoms with E-state index in [2.05, 4.69) is 48.7 Å². The topological polar surface area (TPSA) is 78.9 Å². The van der Waals surface area contributed by atoms with Crippen LogP contribution in [0.3, 0.4) is 0 Å². The summed E-state index contributed by atoms with van der Waals surface area (Å²) in [5, 5.41) is 13.2. The van der Waals surface area contributed by atoms with Gasteiger partial charge in [0.25, 0.3) is 0 Å². The van der Waals surface area contributed by atoms with E-state index >= 15 is 0 Å². The molecular formula is C26H25N3O. The third kappa shape index (κ3) is 2.42. The molecule has 30 heavy (non-hydrogen) atoms. The fourth-order valence-corrected chi connectivity index (χ4v) is 5.76. The molecule has 3 atom stereocenters. The summed E-state index contributed by atoms with van der Waals surface area (Å²) in [5.74, 6) is -0.194. The first-order valence-electron chi connectivity index (χ1n) is 10.7. The molecule has 2 aliphatic carbocycles. The van der Waals surface area contributed by atoms with Gasteiger partial charge in [-0.2, -0.15) is 5.26 Å². The highest BCUT2D eigenvalue weighted by Gasteiger charge is 2.60. The molecule has 1 spiro atoms. The molecule has 4 nitrogen and oxygen atoms in total. The minimum Gasteiger partial charge on any atom is -0.400 e. The predicted octanol–water partition coefficient (Wildman–Crippen LogP) is 4.84. The average Bonchev–Trinajstić information content (AvgIpc) is 2.88. The van der Waals surface area contributed by atoms with Crippen LogP contribution in [0.4, 0.5) is 5.69 Å². The van der Waals surface area contributed by atoms with Crippen molar-refractivity contribution in [1.82, 2.24) is 0 Å². The normalized spacial score (nSPS) is 27.6. The van der Waals surface area contributed by atoms with Crippen LogP contribution in [0.15, 0.2) is 71.5 Å². The van der Waals surface area contributed by atoms with Crippen molar-refractivity contribution in [1.29, 1.82) is 5.26 Å². The average molecular weight is 396 g/mol. The van der Waals surface area contributed by atoms with E-state index in [4.69, 9.17) is 5.73 Å². The zero-order valence-electron chi connectivity index (χ0n) is 17.1. The maximum absolute atomic E-state index is 13.7. The van der Waals surface area contributed by atoms with Crippen molar-refractivity contribution in [3.8, 4) is 6.07 Å². The Bertz CT molecular complexity index is 1140. The van der Waals surface area contributed by atoms with E-state index in [0.29, 0.717) is 11.3 Å². The molecule has 0 fully saturated rings. The molecule has 2 aromatic rings. The molecule has 0 bridgehead atoms. The van der Waals surface area contributed by atoms with Crippen LogP contribution in [0, 0.1) is 24.2 Å². The van der Waals surface area contributed by atoms with E-state index in [1.807, 2.05) is 24.3 Å². The van der Waals surface area contributed by atoms with E-state index < -0.39 is 5.41 Å². The van der Waals surface area contributed by atoms with Crippen molar-refractivity contribution in [2.24, 2.45) is 11.7 Å². The van der Waals surface area contributed by atoms with Crippen molar-refractivity contribution < 1.29 is 4.79 Å². The molecule has 1 aliphatic heterocycles. The lowest BCUT2D eigenvalue weighted by Gasteiger charge is -2.46. The van der Waals surface area contributed by atoms with Crippen molar-refractivity contribution in [3.05, 3.63) is 88.1 Å².